The third-order valence-corrected chi connectivity index (χ3v) is 3.84. The van der Waals surface area contributed by atoms with Crippen LogP contribution in [0, 0.1) is 17.1 Å². The van der Waals surface area contributed by atoms with E-state index in [0.29, 0.717) is 0 Å². The molecule has 0 aliphatic heterocycles. The van der Waals surface area contributed by atoms with Crippen LogP contribution in [0.2, 0.25) is 0 Å². The number of sulfonamides is 1. The number of hydrogen-bond acceptors (Lipinski definition) is 6. The average molecular weight is 307 g/mol. The lowest BCUT2D eigenvalue weighted by Gasteiger charge is -2.08. The topological polar surface area (TPSA) is 108 Å². The number of nitrogens with one attached hydrogen (secondary N) is 2. The number of benzene rings is 1. The van der Waals surface area contributed by atoms with E-state index in [0.717, 1.165) is 24.5 Å². The summed E-state index contributed by atoms with van der Waals surface area (Å²) >= 11 is 0. The Bertz CT molecular complexity index is 799. The first kappa shape index (κ1) is 14.7. The van der Waals surface area contributed by atoms with E-state index in [1.165, 1.54) is 6.07 Å². The van der Waals surface area contributed by atoms with Crippen LogP contribution in [0.15, 0.2) is 35.5 Å². The van der Waals surface area contributed by atoms with Crippen molar-refractivity contribution in [3.8, 4) is 6.07 Å². The van der Waals surface area contributed by atoms with Gasteiger partial charge in [-0.25, -0.2) is 22.8 Å². The van der Waals surface area contributed by atoms with Gasteiger partial charge in [0, 0.05) is 7.05 Å². The molecule has 2 rings (SSSR count). The third-order valence-electron chi connectivity index (χ3n) is 2.50. The quantitative estimate of drug-likeness (QED) is 0.882. The smallest absolute Gasteiger partial charge is 0.264 e. The highest BCUT2D eigenvalue weighted by molar-refractivity contribution is 7.92. The Hall–Kier alpha value is -2.73. The number of anilines is 2. The fourth-order valence-corrected chi connectivity index (χ4v) is 2.41. The van der Waals surface area contributed by atoms with Gasteiger partial charge in [0.25, 0.3) is 10.0 Å². The van der Waals surface area contributed by atoms with Crippen LogP contribution in [0.25, 0.3) is 0 Å². The highest BCUT2D eigenvalue weighted by atomic mass is 32.2. The molecule has 108 valence electrons. The molecule has 0 aliphatic carbocycles. The second kappa shape index (κ2) is 5.72. The average Bonchev–Trinajstić information content (AvgIpc) is 2.49. The summed E-state index contributed by atoms with van der Waals surface area (Å²) in [6, 6.07) is 4.97. The van der Waals surface area contributed by atoms with Gasteiger partial charge in [0.2, 0.25) is 5.95 Å². The standard InChI is InChI=1S/C12H10FN5O2S/c1-15-12-16-6-10(7-17-12)21(19,20)18-9-2-3-11(13)8(4-9)5-14/h2-4,6-7,18H,1H3,(H,15,16,17). The van der Waals surface area contributed by atoms with Gasteiger partial charge in [-0.2, -0.15) is 5.26 Å². The number of nitrogens with zero attached hydrogens (tertiary/aromatic N) is 3. The number of aromatic nitrogens is 2. The van der Waals surface area contributed by atoms with Crippen molar-refractivity contribution >= 4 is 21.7 Å². The summed E-state index contributed by atoms with van der Waals surface area (Å²) in [6.45, 7) is 0. The van der Waals surface area contributed by atoms with E-state index in [1.54, 1.807) is 13.1 Å². The lowest BCUT2D eigenvalue weighted by atomic mass is 10.2. The Morgan fingerprint density at radius 3 is 2.52 bits per heavy atom. The Morgan fingerprint density at radius 1 is 1.29 bits per heavy atom. The fourth-order valence-electron chi connectivity index (χ4n) is 1.47. The molecule has 0 spiro atoms. The van der Waals surface area contributed by atoms with Crippen LogP contribution >= 0.6 is 0 Å². The van der Waals surface area contributed by atoms with Crippen molar-refractivity contribution in [2.75, 3.05) is 17.1 Å². The summed E-state index contributed by atoms with van der Waals surface area (Å²) in [5.41, 5.74) is -0.178. The molecule has 0 atom stereocenters. The van der Waals surface area contributed by atoms with Crippen molar-refractivity contribution in [1.29, 1.82) is 5.26 Å². The molecular formula is C12H10FN5O2S. The van der Waals surface area contributed by atoms with Gasteiger partial charge in [-0.05, 0) is 18.2 Å². The van der Waals surface area contributed by atoms with Gasteiger partial charge in [0.15, 0.2) is 0 Å². The van der Waals surface area contributed by atoms with Crippen LogP contribution in [-0.2, 0) is 10.0 Å². The summed E-state index contributed by atoms with van der Waals surface area (Å²) < 4.78 is 39.6. The van der Waals surface area contributed by atoms with E-state index >= 15 is 0 Å². The van der Waals surface area contributed by atoms with E-state index in [1.807, 2.05) is 0 Å². The third kappa shape index (κ3) is 3.24. The molecule has 1 aromatic carbocycles. The first-order valence-corrected chi connectivity index (χ1v) is 7.17. The van der Waals surface area contributed by atoms with Crippen LogP contribution in [0.3, 0.4) is 0 Å². The Kier molecular flexibility index (Phi) is 4.00. The summed E-state index contributed by atoms with van der Waals surface area (Å²) in [5.74, 6) is -0.440. The van der Waals surface area contributed by atoms with Gasteiger partial charge in [-0.15, -0.1) is 0 Å². The highest BCUT2D eigenvalue weighted by Gasteiger charge is 2.16. The first-order valence-electron chi connectivity index (χ1n) is 5.68. The maximum atomic E-state index is 13.2. The largest absolute Gasteiger partial charge is 0.357 e. The Morgan fingerprint density at radius 2 is 1.95 bits per heavy atom. The molecule has 0 radical (unpaired) electrons. The zero-order chi connectivity index (χ0) is 15.5. The maximum Gasteiger partial charge on any atom is 0.264 e. The second-order valence-electron chi connectivity index (χ2n) is 3.90. The molecule has 0 aliphatic rings. The zero-order valence-corrected chi connectivity index (χ0v) is 11.6. The molecule has 0 amide bonds. The lowest BCUT2D eigenvalue weighted by Crippen LogP contribution is -2.14. The predicted molar refractivity (Wildman–Crippen MR) is 73.5 cm³/mol. The van der Waals surface area contributed by atoms with Crippen LogP contribution in [0.5, 0.6) is 0 Å². The minimum Gasteiger partial charge on any atom is -0.357 e. The van der Waals surface area contributed by atoms with Crippen molar-refractivity contribution in [2.45, 2.75) is 4.90 Å². The van der Waals surface area contributed by atoms with Crippen molar-refractivity contribution in [3.63, 3.8) is 0 Å². The van der Waals surface area contributed by atoms with Crippen molar-refractivity contribution in [1.82, 2.24) is 9.97 Å². The Labute approximate surface area is 120 Å². The summed E-state index contributed by atoms with van der Waals surface area (Å²) in [6.07, 6.45) is 2.27. The number of rotatable bonds is 4. The molecule has 0 unspecified atom stereocenters. The van der Waals surface area contributed by atoms with Crippen LogP contribution in [-0.4, -0.2) is 25.4 Å². The molecule has 21 heavy (non-hydrogen) atoms. The van der Waals surface area contributed by atoms with Gasteiger partial charge >= 0.3 is 0 Å². The van der Waals surface area contributed by atoms with Gasteiger partial charge < -0.3 is 5.32 Å². The van der Waals surface area contributed by atoms with Gasteiger partial charge in [0.1, 0.15) is 16.8 Å². The van der Waals surface area contributed by atoms with Gasteiger partial charge in [0.05, 0.1) is 23.6 Å². The number of nitriles is 1. The SMILES string of the molecule is CNc1ncc(S(=O)(=O)Nc2ccc(F)c(C#N)c2)cn1. The second-order valence-corrected chi connectivity index (χ2v) is 5.59. The van der Waals surface area contributed by atoms with Crippen molar-refractivity contribution in [3.05, 3.63) is 42.0 Å². The summed E-state index contributed by atoms with van der Waals surface area (Å²) in [5, 5.41) is 11.4. The molecule has 9 heteroatoms. The van der Waals surface area contributed by atoms with Crippen LogP contribution in [0.1, 0.15) is 5.56 Å². The predicted octanol–water partition coefficient (Wildman–Crippen LogP) is 1.33. The number of hydrogen-bond donors (Lipinski definition) is 2. The fraction of sp³-hybridized carbons (Fsp3) is 0.0833. The molecule has 0 saturated heterocycles. The molecule has 0 bridgehead atoms. The normalized spacial score (nSPS) is 10.7. The van der Waals surface area contributed by atoms with Crippen LogP contribution < -0.4 is 10.0 Å². The molecule has 7 nitrogen and oxygen atoms in total. The first-order chi connectivity index (χ1) is 9.96. The van der Waals surface area contributed by atoms with E-state index < -0.39 is 15.8 Å². The van der Waals surface area contributed by atoms with Crippen molar-refractivity contribution < 1.29 is 12.8 Å². The van der Waals surface area contributed by atoms with E-state index in [2.05, 4.69) is 20.0 Å². The van der Waals surface area contributed by atoms with Crippen molar-refractivity contribution in [2.24, 2.45) is 0 Å². The molecule has 2 aromatic rings. The van der Waals surface area contributed by atoms with Gasteiger partial charge in [-0.1, -0.05) is 0 Å². The number of halogens is 1. The molecule has 0 saturated carbocycles. The van der Waals surface area contributed by atoms with E-state index in [-0.39, 0.29) is 22.1 Å². The minimum atomic E-state index is -3.91. The lowest BCUT2D eigenvalue weighted by molar-refractivity contribution is 0.600. The molecule has 1 aromatic heterocycles. The minimum absolute atomic E-state index is 0.0747. The molecule has 2 N–H and O–H groups in total. The maximum absolute atomic E-state index is 13.2. The summed E-state index contributed by atoms with van der Waals surface area (Å²) in [4.78, 5) is 7.45. The van der Waals surface area contributed by atoms with Crippen LogP contribution in [0.4, 0.5) is 16.0 Å². The van der Waals surface area contributed by atoms with Gasteiger partial charge in [-0.3, -0.25) is 4.72 Å². The Balaban J connectivity index is 2.30. The summed E-state index contributed by atoms with van der Waals surface area (Å²) in [7, 11) is -2.31. The zero-order valence-electron chi connectivity index (χ0n) is 10.8. The monoisotopic (exact) mass is 307 g/mol. The molecule has 1 heterocycles. The van der Waals surface area contributed by atoms with E-state index in [9.17, 15) is 12.8 Å². The highest BCUT2D eigenvalue weighted by Crippen LogP contribution is 2.18. The molecular weight excluding hydrogens is 297 g/mol. The van der Waals surface area contributed by atoms with E-state index in [4.69, 9.17) is 5.26 Å². The molecule has 0 fully saturated rings.